The number of hydrogen-bond donors (Lipinski definition) is 0. The molecule has 1 aromatic carbocycles. The van der Waals surface area contributed by atoms with Crippen molar-refractivity contribution in [3.05, 3.63) is 28.2 Å². The van der Waals surface area contributed by atoms with Gasteiger partial charge in [0.05, 0.1) is 19.3 Å². The minimum absolute atomic E-state index is 0.0774. The molecule has 4 nitrogen and oxygen atoms in total. The van der Waals surface area contributed by atoms with Crippen LogP contribution in [0, 0.1) is 0 Å². The Hall–Kier alpha value is -1.07. The van der Waals surface area contributed by atoms with Crippen molar-refractivity contribution < 1.29 is 14.3 Å². The van der Waals surface area contributed by atoms with Gasteiger partial charge in [-0.05, 0) is 18.2 Å². The van der Waals surface area contributed by atoms with Crippen molar-refractivity contribution in [1.82, 2.24) is 4.90 Å². The first-order chi connectivity index (χ1) is 8.10. The van der Waals surface area contributed by atoms with Gasteiger partial charge in [0.1, 0.15) is 5.75 Å². The number of carbonyl (C=O) groups excluding carboxylic acids is 1. The number of benzene rings is 1. The molecule has 1 rings (SSSR count). The van der Waals surface area contributed by atoms with E-state index in [9.17, 15) is 4.79 Å². The smallest absolute Gasteiger partial charge is 0.257 e. The van der Waals surface area contributed by atoms with Gasteiger partial charge in [0.15, 0.2) is 0 Å². The Labute approximate surface area is 110 Å². The molecule has 1 aromatic rings. The molecule has 0 radical (unpaired) electrons. The van der Waals surface area contributed by atoms with E-state index in [1.807, 2.05) is 6.07 Å². The highest BCUT2D eigenvalue weighted by atomic mass is 79.9. The predicted octanol–water partition coefficient (Wildman–Crippen LogP) is 2.18. The summed E-state index contributed by atoms with van der Waals surface area (Å²) in [7, 11) is 4.90. The summed E-state index contributed by atoms with van der Waals surface area (Å²) in [5.41, 5.74) is 0.550. The molecule has 0 unspecified atom stereocenters. The van der Waals surface area contributed by atoms with Gasteiger partial charge in [-0.1, -0.05) is 15.9 Å². The summed E-state index contributed by atoms with van der Waals surface area (Å²) in [5.74, 6) is 0.486. The van der Waals surface area contributed by atoms with Crippen molar-refractivity contribution in [1.29, 1.82) is 0 Å². The van der Waals surface area contributed by atoms with Gasteiger partial charge < -0.3 is 14.4 Å². The first kappa shape index (κ1) is 14.0. The molecule has 0 saturated heterocycles. The number of likely N-dealkylation sites (N-methyl/N-ethyl adjacent to an activating group) is 1. The number of rotatable bonds is 5. The second-order valence-electron chi connectivity index (χ2n) is 3.56. The summed E-state index contributed by atoms with van der Waals surface area (Å²) in [6.45, 7) is 1.07. The Bertz CT molecular complexity index is 395. The first-order valence-corrected chi connectivity index (χ1v) is 5.97. The Morgan fingerprint density at radius 1 is 1.41 bits per heavy atom. The lowest BCUT2D eigenvalue weighted by Crippen LogP contribution is -2.30. The number of hydrogen-bond acceptors (Lipinski definition) is 3. The fourth-order valence-electron chi connectivity index (χ4n) is 1.38. The summed E-state index contributed by atoms with van der Waals surface area (Å²) in [6.07, 6.45) is 0. The topological polar surface area (TPSA) is 38.8 Å². The highest BCUT2D eigenvalue weighted by molar-refractivity contribution is 9.10. The van der Waals surface area contributed by atoms with Crippen LogP contribution in [0.5, 0.6) is 5.75 Å². The zero-order chi connectivity index (χ0) is 12.8. The molecule has 0 N–H and O–H groups in total. The Kier molecular flexibility index (Phi) is 5.44. The van der Waals surface area contributed by atoms with E-state index < -0.39 is 0 Å². The number of nitrogens with zero attached hydrogens (tertiary/aromatic N) is 1. The van der Waals surface area contributed by atoms with E-state index in [-0.39, 0.29) is 5.91 Å². The summed E-state index contributed by atoms with van der Waals surface area (Å²) in [4.78, 5) is 13.7. The average molecular weight is 302 g/mol. The fraction of sp³-hybridized carbons (Fsp3) is 0.417. The van der Waals surface area contributed by atoms with Crippen LogP contribution < -0.4 is 4.74 Å². The zero-order valence-electron chi connectivity index (χ0n) is 10.2. The molecule has 0 aliphatic heterocycles. The van der Waals surface area contributed by atoms with E-state index >= 15 is 0 Å². The van der Waals surface area contributed by atoms with Crippen LogP contribution in [0.3, 0.4) is 0 Å². The molecule has 17 heavy (non-hydrogen) atoms. The monoisotopic (exact) mass is 301 g/mol. The maximum absolute atomic E-state index is 12.1. The fourth-order valence-corrected chi connectivity index (χ4v) is 1.72. The van der Waals surface area contributed by atoms with Crippen molar-refractivity contribution in [2.24, 2.45) is 0 Å². The van der Waals surface area contributed by atoms with E-state index in [4.69, 9.17) is 9.47 Å². The molecule has 0 aliphatic rings. The van der Waals surface area contributed by atoms with Gasteiger partial charge in [0, 0.05) is 25.2 Å². The Morgan fingerprint density at radius 3 is 2.71 bits per heavy atom. The molecule has 5 heteroatoms. The molecule has 0 fully saturated rings. The van der Waals surface area contributed by atoms with Gasteiger partial charge >= 0.3 is 0 Å². The van der Waals surface area contributed by atoms with Crippen LogP contribution in [-0.2, 0) is 4.74 Å². The SMILES string of the molecule is COCCN(C)C(=O)c1ccc(Br)cc1OC. The Morgan fingerprint density at radius 2 is 2.12 bits per heavy atom. The highest BCUT2D eigenvalue weighted by Crippen LogP contribution is 2.24. The molecule has 0 heterocycles. The van der Waals surface area contributed by atoms with Crippen LogP contribution in [0.1, 0.15) is 10.4 Å². The molecular formula is C12H16BrNO3. The maximum Gasteiger partial charge on any atom is 0.257 e. The summed E-state index contributed by atoms with van der Waals surface area (Å²) in [5, 5.41) is 0. The molecule has 0 bridgehead atoms. The Balaban J connectivity index is 2.87. The van der Waals surface area contributed by atoms with Crippen LogP contribution in [0.4, 0.5) is 0 Å². The first-order valence-electron chi connectivity index (χ1n) is 5.18. The third-order valence-corrected chi connectivity index (χ3v) is 2.86. The minimum atomic E-state index is -0.0774. The summed E-state index contributed by atoms with van der Waals surface area (Å²) < 4.78 is 11.0. The highest BCUT2D eigenvalue weighted by Gasteiger charge is 2.16. The number of methoxy groups -OCH3 is 2. The van der Waals surface area contributed by atoms with Crippen LogP contribution in [0.2, 0.25) is 0 Å². The predicted molar refractivity (Wildman–Crippen MR) is 69.5 cm³/mol. The standard InChI is InChI=1S/C12H16BrNO3/c1-14(6-7-16-2)12(15)10-5-4-9(13)8-11(10)17-3/h4-5,8H,6-7H2,1-3H3. The van der Waals surface area contributed by atoms with Crippen LogP contribution in [0.15, 0.2) is 22.7 Å². The van der Waals surface area contributed by atoms with Crippen molar-refractivity contribution in [2.45, 2.75) is 0 Å². The van der Waals surface area contributed by atoms with E-state index in [0.29, 0.717) is 24.5 Å². The number of halogens is 1. The molecule has 0 atom stereocenters. The largest absolute Gasteiger partial charge is 0.496 e. The quantitative estimate of drug-likeness (QED) is 0.837. The van der Waals surface area contributed by atoms with E-state index in [1.54, 1.807) is 38.3 Å². The van der Waals surface area contributed by atoms with Crippen molar-refractivity contribution in [3.63, 3.8) is 0 Å². The molecule has 0 spiro atoms. The second-order valence-corrected chi connectivity index (χ2v) is 4.48. The third kappa shape index (κ3) is 3.71. The summed E-state index contributed by atoms with van der Waals surface area (Å²) in [6, 6.07) is 5.34. The van der Waals surface area contributed by atoms with Crippen LogP contribution in [0.25, 0.3) is 0 Å². The van der Waals surface area contributed by atoms with Crippen molar-refractivity contribution >= 4 is 21.8 Å². The van der Waals surface area contributed by atoms with E-state index in [2.05, 4.69) is 15.9 Å². The molecule has 0 aliphatic carbocycles. The van der Waals surface area contributed by atoms with Crippen LogP contribution >= 0.6 is 15.9 Å². The number of ether oxygens (including phenoxy) is 2. The van der Waals surface area contributed by atoms with Gasteiger partial charge in [0.25, 0.3) is 5.91 Å². The number of carbonyl (C=O) groups is 1. The summed E-state index contributed by atoms with van der Waals surface area (Å²) >= 11 is 3.34. The van der Waals surface area contributed by atoms with Gasteiger partial charge in [-0.3, -0.25) is 4.79 Å². The molecule has 0 saturated carbocycles. The van der Waals surface area contributed by atoms with Gasteiger partial charge in [-0.2, -0.15) is 0 Å². The maximum atomic E-state index is 12.1. The molecular weight excluding hydrogens is 286 g/mol. The lowest BCUT2D eigenvalue weighted by molar-refractivity contribution is 0.0741. The van der Waals surface area contributed by atoms with Crippen molar-refractivity contribution in [3.8, 4) is 5.75 Å². The van der Waals surface area contributed by atoms with Crippen molar-refractivity contribution in [2.75, 3.05) is 34.4 Å². The molecule has 94 valence electrons. The van der Waals surface area contributed by atoms with E-state index in [1.165, 1.54) is 0 Å². The zero-order valence-corrected chi connectivity index (χ0v) is 11.8. The molecule has 0 aromatic heterocycles. The number of amides is 1. The van der Waals surface area contributed by atoms with Gasteiger partial charge in [-0.25, -0.2) is 0 Å². The average Bonchev–Trinajstić information content (AvgIpc) is 2.34. The van der Waals surface area contributed by atoms with Gasteiger partial charge in [0.2, 0.25) is 0 Å². The molecule has 1 amide bonds. The minimum Gasteiger partial charge on any atom is -0.496 e. The third-order valence-electron chi connectivity index (χ3n) is 2.37. The second kappa shape index (κ2) is 6.61. The van der Waals surface area contributed by atoms with E-state index in [0.717, 1.165) is 4.47 Å². The normalized spacial score (nSPS) is 10.1. The lowest BCUT2D eigenvalue weighted by Gasteiger charge is -2.18. The van der Waals surface area contributed by atoms with Crippen LogP contribution in [-0.4, -0.2) is 45.2 Å². The van der Waals surface area contributed by atoms with Gasteiger partial charge in [-0.15, -0.1) is 0 Å². The lowest BCUT2D eigenvalue weighted by atomic mass is 10.2.